The van der Waals surface area contributed by atoms with E-state index in [0.29, 0.717) is 11.6 Å². The summed E-state index contributed by atoms with van der Waals surface area (Å²) in [5, 5.41) is 3.01. The van der Waals surface area contributed by atoms with Crippen molar-refractivity contribution in [2.24, 2.45) is 0 Å². The number of anilines is 1. The van der Waals surface area contributed by atoms with E-state index < -0.39 is 11.6 Å². The number of nitrogens with zero attached hydrogens (tertiary/aromatic N) is 1. The fraction of sp³-hybridized carbons (Fsp3) is 0.267. The van der Waals surface area contributed by atoms with Crippen molar-refractivity contribution in [3.8, 4) is 5.88 Å². The summed E-state index contributed by atoms with van der Waals surface area (Å²) in [6.07, 6.45) is 1.60. The molecular weight excluding hydrogens is 262 g/mol. The third-order valence-electron chi connectivity index (χ3n) is 2.60. The highest BCUT2D eigenvalue weighted by Gasteiger charge is 2.08. The van der Waals surface area contributed by atoms with Gasteiger partial charge in [-0.15, -0.1) is 0 Å². The van der Waals surface area contributed by atoms with Gasteiger partial charge in [-0.3, -0.25) is 0 Å². The van der Waals surface area contributed by atoms with Gasteiger partial charge >= 0.3 is 0 Å². The number of hydrogen-bond donors (Lipinski definition) is 1. The summed E-state index contributed by atoms with van der Waals surface area (Å²) in [7, 11) is 0. The average molecular weight is 278 g/mol. The van der Waals surface area contributed by atoms with E-state index in [1.807, 2.05) is 13.8 Å². The van der Waals surface area contributed by atoms with Crippen molar-refractivity contribution in [1.29, 1.82) is 0 Å². The van der Waals surface area contributed by atoms with Gasteiger partial charge in [-0.25, -0.2) is 13.8 Å². The van der Waals surface area contributed by atoms with E-state index in [1.165, 1.54) is 6.07 Å². The zero-order valence-electron chi connectivity index (χ0n) is 11.4. The number of pyridine rings is 1. The molecule has 1 N–H and O–H groups in total. The van der Waals surface area contributed by atoms with Crippen LogP contribution in [-0.2, 0) is 6.54 Å². The van der Waals surface area contributed by atoms with Crippen molar-refractivity contribution in [1.82, 2.24) is 4.98 Å². The third-order valence-corrected chi connectivity index (χ3v) is 2.60. The Morgan fingerprint density at radius 1 is 1.25 bits per heavy atom. The van der Waals surface area contributed by atoms with Gasteiger partial charge in [0.25, 0.3) is 0 Å². The Hall–Kier alpha value is -2.17. The number of ether oxygens (including phenoxy) is 1. The Balaban J connectivity index is 2.12. The van der Waals surface area contributed by atoms with Crippen LogP contribution in [0.25, 0.3) is 0 Å². The van der Waals surface area contributed by atoms with Gasteiger partial charge in [0.2, 0.25) is 5.88 Å². The van der Waals surface area contributed by atoms with Crippen LogP contribution in [0.1, 0.15) is 19.4 Å². The molecule has 2 rings (SSSR count). The van der Waals surface area contributed by atoms with Crippen LogP contribution in [0.2, 0.25) is 0 Å². The third kappa shape index (κ3) is 3.66. The number of aromatic nitrogens is 1. The quantitative estimate of drug-likeness (QED) is 0.904. The molecule has 0 saturated heterocycles. The summed E-state index contributed by atoms with van der Waals surface area (Å²) >= 11 is 0. The van der Waals surface area contributed by atoms with Gasteiger partial charge in [0.1, 0.15) is 11.6 Å². The zero-order chi connectivity index (χ0) is 14.5. The second kappa shape index (κ2) is 6.32. The van der Waals surface area contributed by atoms with Gasteiger partial charge < -0.3 is 10.1 Å². The fourth-order valence-electron chi connectivity index (χ4n) is 1.71. The van der Waals surface area contributed by atoms with Gasteiger partial charge in [0, 0.05) is 18.3 Å². The molecule has 0 saturated carbocycles. The minimum Gasteiger partial charge on any atom is -0.473 e. The van der Waals surface area contributed by atoms with E-state index in [9.17, 15) is 8.78 Å². The second-order valence-corrected chi connectivity index (χ2v) is 4.61. The van der Waals surface area contributed by atoms with E-state index in [2.05, 4.69) is 10.3 Å². The van der Waals surface area contributed by atoms with Crippen molar-refractivity contribution in [2.75, 3.05) is 5.32 Å². The standard InChI is InChI=1S/C15H16F2N2O/c1-10(2)20-15-14(4-3-7-18-15)19-9-11-8-12(16)5-6-13(11)17/h3-8,10,19H,9H2,1-2H3. The van der Waals surface area contributed by atoms with Gasteiger partial charge in [-0.2, -0.15) is 0 Å². The van der Waals surface area contributed by atoms with Crippen LogP contribution in [0, 0.1) is 11.6 Å². The van der Waals surface area contributed by atoms with Gasteiger partial charge in [-0.05, 0) is 44.2 Å². The first-order valence-corrected chi connectivity index (χ1v) is 6.35. The number of halogens is 2. The van der Waals surface area contributed by atoms with Crippen LogP contribution >= 0.6 is 0 Å². The summed E-state index contributed by atoms with van der Waals surface area (Å²) < 4.78 is 32.2. The molecule has 20 heavy (non-hydrogen) atoms. The summed E-state index contributed by atoms with van der Waals surface area (Å²) in [6.45, 7) is 3.94. The minimum atomic E-state index is -0.465. The number of rotatable bonds is 5. The molecule has 106 valence electrons. The molecule has 0 amide bonds. The molecule has 0 fully saturated rings. The first-order chi connectivity index (χ1) is 9.56. The van der Waals surface area contributed by atoms with E-state index in [1.54, 1.807) is 18.3 Å². The van der Waals surface area contributed by atoms with E-state index in [0.717, 1.165) is 12.1 Å². The molecule has 1 aromatic carbocycles. The van der Waals surface area contributed by atoms with E-state index in [-0.39, 0.29) is 18.2 Å². The van der Waals surface area contributed by atoms with Crippen LogP contribution in [0.3, 0.4) is 0 Å². The SMILES string of the molecule is CC(C)Oc1ncccc1NCc1cc(F)ccc1F. The second-order valence-electron chi connectivity index (χ2n) is 4.61. The molecule has 0 radical (unpaired) electrons. The van der Waals surface area contributed by atoms with Crippen LogP contribution in [0.15, 0.2) is 36.5 Å². The largest absolute Gasteiger partial charge is 0.473 e. The number of benzene rings is 1. The average Bonchev–Trinajstić information content (AvgIpc) is 2.41. The maximum Gasteiger partial charge on any atom is 0.237 e. The topological polar surface area (TPSA) is 34.1 Å². The molecule has 1 aromatic heterocycles. The monoisotopic (exact) mass is 278 g/mol. The lowest BCUT2D eigenvalue weighted by Gasteiger charge is -2.14. The molecule has 0 unspecified atom stereocenters. The van der Waals surface area contributed by atoms with Crippen LogP contribution in [0.5, 0.6) is 5.88 Å². The van der Waals surface area contributed by atoms with E-state index >= 15 is 0 Å². The lowest BCUT2D eigenvalue weighted by Crippen LogP contribution is -2.10. The molecule has 0 aliphatic carbocycles. The Morgan fingerprint density at radius 2 is 2.05 bits per heavy atom. The van der Waals surface area contributed by atoms with Gasteiger partial charge in [-0.1, -0.05) is 0 Å². The molecule has 3 nitrogen and oxygen atoms in total. The zero-order valence-corrected chi connectivity index (χ0v) is 11.4. The van der Waals surface area contributed by atoms with Crippen molar-refractivity contribution < 1.29 is 13.5 Å². The summed E-state index contributed by atoms with van der Waals surface area (Å²) in [6, 6.07) is 6.90. The lowest BCUT2D eigenvalue weighted by molar-refractivity contribution is 0.234. The molecule has 1 heterocycles. The van der Waals surface area contributed by atoms with Crippen LogP contribution in [0.4, 0.5) is 14.5 Å². The molecular formula is C15H16F2N2O. The Kier molecular flexibility index (Phi) is 4.50. The number of nitrogens with one attached hydrogen (secondary N) is 1. The predicted octanol–water partition coefficient (Wildman–Crippen LogP) is 3.76. The number of hydrogen-bond acceptors (Lipinski definition) is 3. The normalized spacial score (nSPS) is 10.7. The molecule has 5 heteroatoms. The first-order valence-electron chi connectivity index (χ1n) is 6.35. The highest BCUT2D eigenvalue weighted by molar-refractivity contribution is 5.52. The summed E-state index contributed by atoms with van der Waals surface area (Å²) in [5.41, 5.74) is 0.897. The summed E-state index contributed by atoms with van der Waals surface area (Å²) in [5.74, 6) is -0.471. The molecule has 0 spiro atoms. The van der Waals surface area contributed by atoms with E-state index in [4.69, 9.17) is 4.74 Å². The smallest absolute Gasteiger partial charge is 0.237 e. The molecule has 0 aliphatic heterocycles. The Morgan fingerprint density at radius 3 is 2.80 bits per heavy atom. The predicted molar refractivity (Wildman–Crippen MR) is 73.7 cm³/mol. The maximum absolute atomic E-state index is 13.5. The lowest BCUT2D eigenvalue weighted by atomic mass is 10.2. The highest BCUT2D eigenvalue weighted by atomic mass is 19.1. The van der Waals surface area contributed by atoms with Crippen LogP contribution < -0.4 is 10.1 Å². The molecule has 0 aliphatic rings. The summed E-state index contributed by atoms with van der Waals surface area (Å²) in [4.78, 5) is 4.12. The molecule has 2 aromatic rings. The highest BCUT2D eigenvalue weighted by Crippen LogP contribution is 2.23. The Labute approximate surface area is 116 Å². The molecule has 0 atom stereocenters. The minimum absolute atomic E-state index is 0.0173. The van der Waals surface area contributed by atoms with Crippen molar-refractivity contribution >= 4 is 5.69 Å². The molecule has 0 bridgehead atoms. The maximum atomic E-state index is 13.5. The van der Waals surface area contributed by atoms with Crippen molar-refractivity contribution in [3.63, 3.8) is 0 Å². The van der Waals surface area contributed by atoms with Gasteiger partial charge in [0.05, 0.1) is 11.8 Å². The Bertz CT molecular complexity index is 588. The van der Waals surface area contributed by atoms with Crippen molar-refractivity contribution in [3.05, 3.63) is 53.7 Å². The first kappa shape index (κ1) is 14.2. The van der Waals surface area contributed by atoms with Crippen molar-refractivity contribution in [2.45, 2.75) is 26.5 Å². The van der Waals surface area contributed by atoms with Gasteiger partial charge in [0.15, 0.2) is 0 Å². The fourth-order valence-corrected chi connectivity index (χ4v) is 1.71. The van der Waals surface area contributed by atoms with Crippen LogP contribution in [-0.4, -0.2) is 11.1 Å².